The van der Waals surface area contributed by atoms with E-state index in [-0.39, 0.29) is 30.4 Å². The minimum atomic E-state index is -0.960. The molecule has 2 aromatic carbocycles. The van der Waals surface area contributed by atoms with Crippen molar-refractivity contribution in [1.82, 2.24) is 15.1 Å². The molecule has 0 aliphatic carbocycles. The van der Waals surface area contributed by atoms with Crippen LogP contribution in [0.4, 0.5) is 0 Å². The maximum Gasteiger partial charge on any atom is 0.256 e. The lowest BCUT2D eigenvalue weighted by molar-refractivity contribution is -0.128. The molecule has 2 aliphatic rings. The van der Waals surface area contributed by atoms with Crippen LogP contribution in [-0.2, 0) is 9.53 Å². The van der Waals surface area contributed by atoms with E-state index in [9.17, 15) is 14.4 Å². The number of methoxy groups -OCH3 is 2. The number of nitrogens with zero attached hydrogens (tertiary/aromatic N) is 2. The summed E-state index contributed by atoms with van der Waals surface area (Å²) in [5.41, 5.74) is 0.0280. The number of ether oxygens (including phenoxy) is 3. The number of likely N-dealkylation sites (tertiary alicyclic amines) is 1. The second-order valence-corrected chi connectivity index (χ2v) is 9.49. The summed E-state index contributed by atoms with van der Waals surface area (Å²) in [6.45, 7) is 4.81. The summed E-state index contributed by atoms with van der Waals surface area (Å²) in [5.74, 6) is 0.422. The third-order valence-corrected chi connectivity index (χ3v) is 7.27. The van der Waals surface area contributed by atoms with Crippen LogP contribution in [0.5, 0.6) is 11.5 Å². The quantitative estimate of drug-likeness (QED) is 0.616. The van der Waals surface area contributed by atoms with Crippen LogP contribution >= 0.6 is 0 Å². The van der Waals surface area contributed by atoms with Crippen LogP contribution in [0.25, 0.3) is 0 Å². The fraction of sp³-hybridized carbons (Fsp3) is 0.464. The van der Waals surface area contributed by atoms with Crippen molar-refractivity contribution in [3.8, 4) is 11.5 Å². The number of piperidine rings is 1. The number of nitrogens with one attached hydrogen (secondary N) is 1. The Hall–Kier alpha value is -3.59. The van der Waals surface area contributed by atoms with Gasteiger partial charge in [0.15, 0.2) is 11.5 Å². The average molecular weight is 510 g/mol. The van der Waals surface area contributed by atoms with Gasteiger partial charge in [-0.1, -0.05) is 25.1 Å². The highest BCUT2D eigenvalue weighted by Crippen LogP contribution is 2.39. The van der Waals surface area contributed by atoms with E-state index in [0.717, 1.165) is 6.42 Å². The molecule has 37 heavy (non-hydrogen) atoms. The summed E-state index contributed by atoms with van der Waals surface area (Å²) >= 11 is 0. The van der Waals surface area contributed by atoms with Crippen LogP contribution in [0, 0.1) is 0 Å². The van der Waals surface area contributed by atoms with Crippen LogP contribution in [-0.4, -0.2) is 79.2 Å². The molecule has 2 fully saturated rings. The fourth-order valence-corrected chi connectivity index (χ4v) is 4.94. The third-order valence-electron chi connectivity index (χ3n) is 7.27. The molecular weight excluding hydrogens is 474 g/mol. The van der Waals surface area contributed by atoms with E-state index in [4.69, 9.17) is 14.2 Å². The second-order valence-electron chi connectivity index (χ2n) is 9.49. The zero-order chi connectivity index (χ0) is 26.6. The Kier molecular flexibility index (Phi) is 8.02. The summed E-state index contributed by atoms with van der Waals surface area (Å²) in [6, 6.07) is 13.3. The highest BCUT2D eigenvalue weighted by Gasteiger charge is 2.54. The van der Waals surface area contributed by atoms with Crippen molar-refractivity contribution in [2.24, 2.45) is 0 Å². The third kappa shape index (κ3) is 5.27. The van der Waals surface area contributed by atoms with Gasteiger partial charge < -0.3 is 24.4 Å². The standard InChI is InChI=1S/C28H35N3O6/c1-5-19(2)29-25(32)22-18-37-28(31(22)27(34)20-9-7-6-8-10-20)13-15-30(16-14-28)26(33)21-11-12-23(35-3)24(17-21)36-4/h6-12,17,19,22H,5,13-16,18H2,1-4H3,(H,29,32)/t19-,22+/m0/s1. The Morgan fingerprint density at radius 2 is 1.68 bits per heavy atom. The topological polar surface area (TPSA) is 97.4 Å². The van der Waals surface area contributed by atoms with Gasteiger partial charge in [0.25, 0.3) is 11.8 Å². The Morgan fingerprint density at radius 1 is 1.00 bits per heavy atom. The molecule has 9 nitrogen and oxygen atoms in total. The molecule has 2 aromatic rings. The molecule has 0 unspecified atom stereocenters. The predicted molar refractivity (Wildman–Crippen MR) is 138 cm³/mol. The van der Waals surface area contributed by atoms with Crippen molar-refractivity contribution < 1.29 is 28.6 Å². The highest BCUT2D eigenvalue weighted by atomic mass is 16.5. The fourth-order valence-electron chi connectivity index (χ4n) is 4.94. The Balaban J connectivity index is 1.55. The van der Waals surface area contributed by atoms with E-state index in [1.807, 2.05) is 19.9 Å². The van der Waals surface area contributed by atoms with Gasteiger partial charge >= 0.3 is 0 Å². The van der Waals surface area contributed by atoms with Gasteiger partial charge in [0.2, 0.25) is 5.91 Å². The molecule has 1 spiro atoms. The van der Waals surface area contributed by atoms with Gasteiger partial charge in [-0.3, -0.25) is 19.3 Å². The summed E-state index contributed by atoms with van der Waals surface area (Å²) < 4.78 is 16.9. The van der Waals surface area contributed by atoms with Gasteiger partial charge in [-0.15, -0.1) is 0 Å². The van der Waals surface area contributed by atoms with Gasteiger partial charge in [0.05, 0.1) is 20.8 Å². The molecule has 0 bridgehead atoms. The lowest BCUT2D eigenvalue weighted by Gasteiger charge is -2.44. The predicted octanol–water partition coefficient (Wildman–Crippen LogP) is 3.09. The first-order valence-corrected chi connectivity index (χ1v) is 12.7. The molecule has 198 valence electrons. The lowest BCUT2D eigenvalue weighted by Crippen LogP contribution is -2.60. The molecule has 0 saturated carbocycles. The van der Waals surface area contributed by atoms with E-state index in [1.165, 1.54) is 7.11 Å². The summed E-state index contributed by atoms with van der Waals surface area (Å²) in [7, 11) is 3.07. The average Bonchev–Trinajstić information content (AvgIpc) is 3.31. The van der Waals surface area contributed by atoms with Crippen molar-refractivity contribution in [3.05, 3.63) is 59.7 Å². The van der Waals surface area contributed by atoms with Crippen molar-refractivity contribution in [1.29, 1.82) is 0 Å². The van der Waals surface area contributed by atoms with Crippen molar-refractivity contribution in [3.63, 3.8) is 0 Å². The number of amides is 3. The van der Waals surface area contributed by atoms with Gasteiger partial charge in [-0.2, -0.15) is 0 Å². The van der Waals surface area contributed by atoms with Gasteiger partial charge in [0.1, 0.15) is 11.8 Å². The Labute approximate surface area is 217 Å². The Morgan fingerprint density at radius 3 is 2.30 bits per heavy atom. The van der Waals surface area contributed by atoms with Gasteiger partial charge in [-0.25, -0.2) is 0 Å². The van der Waals surface area contributed by atoms with Crippen LogP contribution in [0.15, 0.2) is 48.5 Å². The second kappa shape index (κ2) is 11.2. The Bertz CT molecular complexity index is 1130. The molecule has 2 atom stereocenters. The van der Waals surface area contributed by atoms with E-state index in [2.05, 4.69) is 5.32 Å². The van der Waals surface area contributed by atoms with E-state index in [0.29, 0.717) is 48.6 Å². The van der Waals surface area contributed by atoms with E-state index < -0.39 is 11.8 Å². The van der Waals surface area contributed by atoms with Crippen LogP contribution in [0.1, 0.15) is 53.8 Å². The SMILES string of the molecule is CC[C@H](C)NC(=O)[C@H]1COC2(CCN(C(=O)c3ccc(OC)c(OC)c3)CC2)N1C(=O)c1ccccc1. The molecule has 0 aromatic heterocycles. The maximum atomic E-state index is 13.7. The molecule has 2 aliphatic heterocycles. The van der Waals surface area contributed by atoms with Crippen LogP contribution in [0.3, 0.4) is 0 Å². The molecule has 2 heterocycles. The molecule has 0 radical (unpaired) electrons. The summed E-state index contributed by atoms with van der Waals surface area (Å²) in [5, 5.41) is 3.00. The van der Waals surface area contributed by atoms with E-state index >= 15 is 0 Å². The minimum absolute atomic E-state index is 0.0151. The number of rotatable bonds is 7. The molecule has 9 heteroatoms. The zero-order valence-corrected chi connectivity index (χ0v) is 21.9. The number of hydrogen-bond acceptors (Lipinski definition) is 6. The maximum absolute atomic E-state index is 13.7. The summed E-state index contributed by atoms with van der Waals surface area (Å²) in [6.07, 6.45) is 1.58. The minimum Gasteiger partial charge on any atom is -0.493 e. The monoisotopic (exact) mass is 509 g/mol. The van der Waals surface area contributed by atoms with Crippen molar-refractivity contribution in [2.45, 2.75) is 50.9 Å². The van der Waals surface area contributed by atoms with Gasteiger partial charge in [0, 0.05) is 43.1 Å². The molecule has 4 rings (SSSR count). The molecule has 1 N–H and O–H groups in total. The first-order chi connectivity index (χ1) is 17.8. The van der Waals surface area contributed by atoms with Crippen molar-refractivity contribution >= 4 is 17.7 Å². The number of carbonyl (C=O) groups is 3. The number of benzene rings is 2. The van der Waals surface area contributed by atoms with Crippen LogP contribution < -0.4 is 14.8 Å². The molecular formula is C28H35N3O6. The van der Waals surface area contributed by atoms with Crippen molar-refractivity contribution in [2.75, 3.05) is 33.9 Å². The first kappa shape index (κ1) is 26.5. The molecule has 3 amide bonds. The lowest BCUT2D eigenvalue weighted by atomic mass is 9.96. The smallest absolute Gasteiger partial charge is 0.256 e. The largest absolute Gasteiger partial charge is 0.493 e. The highest BCUT2D eigenvalue weighted by molar-refractivity contribution is 5.98. The summed E-state index contributed by atoms with van der Waals surface area (Å²) in [4.78, 5) is 43.5. The molecule has 2 saturated heterocycles. The normalized spacial score (nSPS) is 19.4. The van der Waals surface area contributed by atoms with Gasteiger partial charge in [-0.05, 0) is 43.7 Å². The number of carbonyl (C=O) groups excluding carboxylic acids is 3. The van der Waals surface area contributed by atoms with Crippen LogP contribution in [0.2, 0.25) is 0 Å². The first-order valence-electron chi connectivity index (χ1n) is 12.7. The number of hydrogen-bond donors (Lipinski definition) is 1. The zero-order valence-electron chi connectivity index (χ0n) is 21.9. The van der Waals surface area contributed by atoms with E-state index in [1.54, 1.807) is 59.4 Å².